The Morgan fingerprint density at radius 3 is 2.57 bits per heavy atom. The molecule has 0 amide bonds. The van der Waals surface area contributed by atoms with Crippen LogP contribution in [-0.4, -0.2) is 42.9 Å². The smallest absolute Gasteiger partial charge is 0.116 e. The fourth-order valence-electron chi connectivity index (χ4n) is 4.21. The molecule has 1 aromatic carbocycles. The van der Waals surface area contributed by atoms with Gasteiger partial charge in [0.25, 0.3) is 0 Å². The number of ether oxygens (including phenoxy) is 1. The molecule has 3 heteroatoms. The standard InChI is InChI=1S/C20H31NO2/c1-16-12-13-21(2)14-19(16)23-15-20(22,18-10-6-7-11-18)17-8-4-3-5-9-17/h3-5,8-9,16,18-19,22H,6-7,10-15H2,1-2H3. The first-order valence-electron chi connectivity index (χ1n) is 9.17. The van der Waals surface area contributed by atoms with E-state index in [9.17, 15) is 5.11 Å². The van der Waals surface area contributed by atoms with Crippen LogP contribution in [0, 0.1) is 11.8 Å². The predicted octanol–water partition coefficient (Wildman–Crippen LogP) is 3.42. The van der Waals surface area contributed by atoms with E-state index in [0.717, 1.165) is 31.5 Å². The van der Waals surface area contributed by atoms with E-state index in [-0.39, 0.29) is 6.10 Å². The number of hydrogen-bond acceptors (Lipinski definition) is 3. The third-order valence-electron chi connectivity index (χ3n) is 5.91. The van der Waals surface area contributed by atoms with E-state index < -0.39 is 5.60 Å². The van der Waals surface area contributed by atoms with Crippen molar-refractivity contribution >= 4 is 0 Å². The summed E-state index contributed by atoms with van der Waals surface area (Å²) >= 11 is 0. The highest BCUT2D eigenvalue weighted by atomic mass is 16.5. The molecular weight excluding hydrogens is 286 g/mol. The van der Waals surface area contributed by atoms with Crippen LogP contribution in [0.25, 0.3) is 0 Å². The summed E-state index contributed by atoms with van der Waals surface area (Å²) in [6, 6.07) is 10.2. The summed E-state index contributed by atoms with van der Waals surface area (Å²) < 4.78 is 6.31. The average molecular weight is 317 g/mol. The van der Waals surface area contributed by atoms with Crippen LogP contribution in [0.1, 0.15) is 44.6 Å². The topological polar surface area (TPSA) is 32.7 Å². The van der Waals surface area contributed by atoms with Gasteiger partial charge in [-0.1, -0.05) is 50.1 Å². The number of hydrogen-bond donors (Lipinski definition) is 1. The van der Waals surface area contributed by atoms with Gasteiger partial charge >= 0.3 is 0 Å². The van der Waals surface area contributed by atoms with Gasteiger partial charge in [-0.3, -0.25) is 0 Å². The summed E-state index contributed by atoms with van der Waals surface area (Å²) in [6.07, 6.45) is 6.06. The molecule has 0 spiro atoms. The molecule has 1 aliphatic carbocycles. The maximum absolute atomic E-state index is 11.5. The van der Waals surface area contributed by atoms with Gasteiger partial charge < -0.3 is 14.7 Å². The molecule has 3 atom stereocenters. The first kappa shape index (κ1) is 16.9. The van der Waals surface area contributed by atoms with Crippen molar-refractivity contribution in [2.45, 2.75) is 50.7 Å². The minimum atomic E-state index is -0.840. The molecule has 1 heterocycles. The second-order valence-corrected chi connectivity index (χ2v) is 7.65. The number of benzene rings is 1. The molecule has 23 heavy (non-hydrogen) atoms. The summed E-state index contributed by atoms with van der Waals surface area (Å²) in [5, 5.41) is 11.5. The highest BCUT2D eigenvalue weighted by molar-refractivity contribution is 5.24. The van der Waals surface area contributed by atoms with Gasteiger partial charge in [-0.15, -0.1) is 0 Å². The van der Waals surface area contributed by atoms with E-state index >= 15 is 0 Å². The Labute approximate surface area is 140 Å². The molecule has 0 radical (unpaired) electrons. The van der Waals surface area contributed by atoms with Gasteiger partial charge in [0.2, 0.25) is 0 Å². The highest BCUT2D eigenvalue weighted by Gasteiger charge is 2.41. The number of nitrogens with zero attached hydrogens (tertiary/aromatic N) is 1. The monoisotopic (exact) mass is 317 g/mol. The zero-order valence-corrected chi connectivity index (χ0v) is 14.6. The number of piperidine rings is 1. The third kappa shape index (κ3) is 3.78. The number of likely N-dealkylation sites (tertiary alicyclic amines) is 1. The molecule has 0 bridgehead atoms. The molecule has 0 aromatic heterocycles. The van der Waals surface area contributed by atoms with Crippen LogP contribution in [-0.2, 0) is 10.3 Å². The van der Waals surface area contributed by atoms with Crippen LogP contribution in [0.3, 0.4) is 0 Å². The van der Waals surface area contributed by atoms with Gasteiger partial charge in [0.05, 0.1) is 12.7 Å². The third-order valence-corrected chi connectivity index (χ3v) is 5.91. The van der Waals surface area contributed by atoms with E-state index in [1.54, 1.807) is 0 Å². The van der Waals surface area contributed by atoms with E-state index in [0.29, 0.717) is 18.4 Å². The largest absolute Gasteiger partial charge is 0.382 e. The minimum Gasteiger partial charge on any atom is -0.382 e. The maximum atomic E-state index is 11.5. The quantitative estimate of drug-likeness (QED) is 0.903. The molecule has 128 valence electrons. The molecule has 3 unspecified atom stereocenters. The molecule has 2 fully saturated rings. The number of aliphatic hydroxyl groups is 1. The molecule has 1 saturated heterocycles. The summed E-state index contributed by atoms with van der Waals surface area (Å²) in [7, 11) is 2.16. The SMILES string of the molecule is CC1CCN(C)CC1OCC(O)(c1ccccc1)C1CCCC1. The fourth-order valence-corrected chi connectivity index (χ4v) is 4.21. The number of rotatable bonds is 5. The lowest BCUT2D eigenvalue weighted by Gasteiger charge is -2.39. The second kappa shape index (κ2) is 7.33. The van der Waals surface area contributed by atoms with Crippen molar-refractivity contribution < 1.29 is 9.84 Å². The van der Waals surface area contributed by atoms with Gasteiger partial charge in [-0.2, -0.15) is 0 Å². The zero-order valence-electron chi connectivity index (χ0n) is 14.6. The molecule has 1 saturated carbocycles. The Morgan fingerprint density at radius 1 is 1.17 bits per heavy atom. The lowest BCUT2D eigenvalue weighted by molar-refractivity contribution is -0.129. The molecular formula is C20H31NO2. The Kier molecular flexibility index (Phi) is 5.40. The van der Waals surface area contributed by atoms with Gasteiger partial charge in [0.1, 0.15) is 5.60 Å². The van der Waals surface area contributed by atoms with Crippen LogP contribution in [0.15, 0.2) is 30.3 Å². The van der Waals surface area contributed by atoms with Gasteiger partial charge in [0.15, 0.2) is 0 Å². The summed E-state index contributed by atoms with van der Waals surface area (Å²) in [5.74, 6) is 0.885. The van der Waals surface area contributed by atoms with Crippen molar-refractivity contribution in [2.24, 2.45) is 11.8 Å². The summed E-state index contributed by atoms with van der Waals surface area (Å²) in [6.45, 7) is 4.81. The van der Waals surface area contributed by atoms with Gasteiger partial charge in [0, 0.05) is 6.54 Å². The highest BCUT2D eigenvalue weighted by Crippen LogP contribution is 2.41. The summed E-state index contributed by atoms with van der Waals surface area (Å²) in [5.41, 5.74) is 0.178. The Hall–Kier alpha value is -0.900. The molecule has 3 rings (SSSR count). The second-order valence-electron chi connectivity index (χ2n) is 7.65. The van der Waals surface area contributed by atoms with Crippen molar-refractivity contribution in [3.05, 3.63) is 35.9 Å². The van der Waals surface area contributed by atoms with E-state index in [1.807, 2.05) is 18.2 Å². The molecule has 3 nitrogen and oxygen atoms in total. The van der Waals surface area contributed by atoms with Crippen LogP contribution in [0.2, 0.25) is 0 Å². The molecule has 1 aliphatic heterocycles. The Bertz CT molecular complexity index is 486. The van der Waals surface area contributed by atoms with E-state index in [1.165, 1.54) is 19.3 Å². The van der Waals surface area contributed by atoms with Crippen LogP contribution < -0.4 is 0 Å². The van der Waals surface area contributed by atoms with E-state index in [4.69, 9.17) is 4.74 Å². The fraction of sp³-hybridized carbons (Fsp3) is 0.700. The Balaban J connectivity index is 1.74. The van der Waals surface area contributed by atoms with E-state index in [2.05, 4.69) is 31.0 Å². The van der Waals surface area contributed by atoms with Crippen molar-refractivity contribution in [1.29, 1.82) is 0 Å². The van der Waals surface area contributed by atoms with Gasteiger partial charge in [-0.05, 0) is 50.3 Å². The first-order chi connectivity index (χ1) is 11.1. The van der Waals surface area contributed by atoms with Crippen molar-refractivity contribution in [3.63, 3.8) is 0 Å². The van der Waals surface area contributed by atoms with Crippen molar-refractivity contribution in [2.75, 3.05) is 26.7 Å². The molecule has 1 N–H and O–H groups in total. The minimum absolute atomic E-state index is 0.227. The van der Waals surface area contributed by atoms with Crippen LogP contribution in [0.5, 0.6) is 0 Å². The lowest BCUT2D eigenvalue weighted by atomic mass is 9.80. The predicted molar refractivity (Wildman–Crippen MR) is 93.3 cm³/mol. The lowest BCUT2D eigenvalue weighted by Crippen LogP contribution is -2.46. The maximum Gasteiger partial charge on any atom is 0.116 e. The van der Waals surface area contributed by atoms with Crippen molar-refractivity contribution in [3.8, 4) is 0 Å². The normalized spacial score (nSPS) is 29.5. The Morgan fingerprint density at radius 2 is 1.87 bits per heavy atom. The van der Waals surface area contributed by atoms with Crippen LogP contribution in [0.4, 0.5) is 0 Å². The molecule has 1 aromatic rings. The number of likely N-dealkylation sites (N-methyl/N-ethyl adjacent to an activating group) is 1. The first-order valence-corrected chi connectivity index (χ1v) is 9.17. The van der Waals surface area contributed by atoms with Crippen LogP contribution >= 0.6 is 0 Å². The zero-order chi connectivity index (χ0) is 16.3. The van der Waals surface area contributed by atoms with Crippen molar-refractivity contribution in [1.82, 2.24) is 4.90 Å². The average Bonchev–Trinajstić information content (AvgIpc) is 3.11. The molecule has 2 aliphatic rings. The van der Waals surface area contributed by atoms with Gasteiger partial charge in [-0.25, -0.2) is 0 Å². The summed E-state index contributed by atoms with van der Waals surface area (Å²) in [4.78, 5) is 2.34.